The molecule has 0 atom stereocenters. The third-order valence-electron chi connectivity index (χ3n) is 2.88. The van der Waals surface area contributed by atoms with Crippen LogP contribution in [-0.2, 0) is 0 Å². The first kappa shape index (κ1) is 14.5. The summed E-state index contributed by atoms with van der Waals surface area (Å²) in [6, 6.07) is 8.25. The summed E-state index contributed by atoms with van der Waals surface area (Å²) < 4.78 is 11.2. The van der Waals surface area contributed by atoms with Crippen molar-refractivity contribution in [3.8, 4) is 11.5 Å². The highest BCUT2D eigenvalue weighted by Gasteiger charge is 2.19. The molecule has 0 spiro atoms. The molecule has 1 amide bonds. The van der Waals surface area contributed by atoms with Gasteiger partial charge in [-0.1, -0.05) is 39.1 Å². The highest BCUT2D eigenvalue weighted by Crippen LogP contribution is 2.39. The van der Waals surface area contributed by atoms with Gasteiger partial charge < -0.3 is 14.8 Å². The van der Waals surface area contributed by atoms with Gasteiger partial charge in [0.05, 0.1) is 21.3 Å². The zero-order valence-electron chi connectivity index (χ0n) is 10.5. The second-order valence-corrected chi connectivity index (χ2v) is 5.99. The van der Waals surface area contributed by atoms with E-state index in [1.54, 1.807) is 30.3 Å². The Kier molecular flexibility index (Phi) is 3.97. The van der Waals surface area contributed by atoms with Crippen LogP contribution in [0.3, 0.4) is 0 Å². The van der Waals surface area contributed by atoms with E-state index >= 15 is 0 Å². The zero-order chi connectivity index (χ0) is 15.0. The molecule has 4 nitrogen and oxygen atoms in total. The van der Waals surface area contributed by atoms with Gasteiger partial charge in [-0.05, 0) is 18.2 Å². The summed E-state index contributed by atoms with van der Waals surface area (Å²) in [5.41, 5.74) is 0.779. The summed E-state index contributed by atoms with van der Waals surface area (Å²) in [4.78, 5) is 12.3. The number of amides is 1. The van der Waals surface area contributed by atoms with Crippen molar-refractivity contribution in [2.75, 3.05) is 12.1 Å². The molecule has 2 aromatic rings. The lowest BCUT2D eigenvalue weighted by Crippen LogP contribution is -2.12. The number of ether oxygens (including phenoxy) is 2. The number of hydrogen-bond donors (Lipinski definition) is 1. The molecular weight excluding hydrogens is 381 g/mol. The Morgan fingerprint density at radius 1 is 1.10 bits per heavy atom. The van der Waals surface area contributed by atoms with Gasteiger partial charge in [0, 0.05) is 16.6 Å². The lowest BCUT2D eigenvalue weighted by Gasteiger charge is -2.09. The molecular formula is C14H8BrCl2NO3. The largest absolute Gasteiger partial charge is 0.454 e. The summed E-state index contributed by atoms with van der Waals surface area (Å²) in [6.07, 6.45) is 0. The minimum Gasteiger partial charge on any atom is -0.454 e. The number of carbonyl (C=O) groups is 1. The van der Waals surface area contributed by atoms with Crippen molar-refractivity contribution >= 4 is 50.7 Å². The van der Waals surface area contributed by atoms with Crippen LogP contribution < -0.4 is 14.8 Å². The molecule has 108 valence electrons. The zero-order valence-corrected chi connectivity index (χ0v) is 13.6. The van der Waals surface area contributed by atoms with E-state index < -0.39 is 0 Å². The lowest BCUT2D eigenvalue weighted by atomic mass is 10.2. The van der Waals surface area contributed by atoms with E-state index in [4.69, 9.17) is 32.7 Å². The van der Waals surface area contributed by atoms with E-state index in [0.717, 1.165) is 4.47 Å². The molecule has 1 N–H and O–H groups in total. The Morgan fingerprint density at radius 2 is 1.81 bits per heavy atom. The fourth-order valence-electron chi connectivity index (χ4n) is 1.87. The quantitative estimate of drug-likeness (QED) is 0.808. The SMILES string of the molecule is O=C(Nc1cc2c(cc1Cl)OCO2)c1cc(Br)ccc1Cl. The minimum atomic E-state index is -0.359. The molecule has 21 heavy (non-hydrogen) atoms. The molecule has 0 aliphatic carbocycles. The van der Waals surface area contributed by atoms with Crippen molar-refractivity contribution in [2.24, 2.45) is 0 Å². The first-order chi connectivity index (χ1) is 10.0. The van der Waals surface area contributed by atoms with Crippen molar-refractivity contribution in [3.05, 3.63) is 50.4 Å². The smallest absolute Gasteiger partial charge is 0.257 e. The normalized spacial score (nSPS) is 12.3. The molecule has 1 aliphatic heterocycles. The van der Waals surface area contributed by atoms with Crippen LogP contribution in [0.15, 0.2) is 34.8 Å². The van der Waals surface area contributed by atoms with Crippen molar-refractivity contribution in [3.63, 3.8) is 0 Å². The molecule has 0 radical (unpaired) electrons. The average molecular weight is 389 g/mol. The molecule has 3 rings (SSSR count). The maximum absolute atomic E-state index is 12.3. The van der Waals surface area contributed by atoms with Crippen molar-refractivity contribution in [1.29, 1.82) is 0 Å². The summed E-state index contributed by atoms with van der Waals surface area (Å²) in [6.45, 7) is 0.139. The fraction of sp³-hybridized carbons (Fsp3) is 0.0714. The van der Waals surface area contributed by atoms with Gasteiger partial charge in [-0.2, -0.15) is 0 Å². The number of anilines is 1. The van der Waals surface area contributed by atoms with Gasteiger partial charge in [0.15, 0.2) is 11.5 Å². The second kappa shape index (κ2) is 5.75. The number of carbonyl (C=O) groups excluding carboxylic acids is 1. The van der Waals surface area contributed by atoms with E-state index in [-0.39, 0.29) is 12.7 Å². The van der Waals surface area contributed by atoms with Crippen LogP contribution >= 0.6 is 39.1 Å². The van der Waals surface area contributed by atoms with E-state index in [9.17, 15) is 4.79 Å². The van der Waals surface area contributed by atoms with Gasteiger partial charge in [0.2, 0.25) is 6.79 Å². The second-order valence-electron chi connectivity index (χ2n) is 4.26. The molecule has 0 bridgehead atoms. The predicted molar refractivity (Wildman–Crippen MR) is 84.7 cm³/mol. The highest BCUT2D eigenvalue weighted by atomic mass is 79.9. The van der Waals surface area contributed by atoms with Crippen LogP contribution in [0.1, 0.15) is 10.4 Å². The molecule has 0 aromatic heterocycles. The summed E-state index contributed by atoms with van der Waals surface area (Å²) >= 11 is 15.5. The number of fused-ring (bicyclic) bond motifs is 1. The van der Waals surface area contributed by atoms with Gasteiger partial charge in [-0.15, -0.1) is 0 Å². The van der Waals surface area contributed by atoms with Crippen molar-refractivity contribution in [1.82, 2.24) is 0 Å². The monoisotopic (exact) mass is 387 g/mol. The summed E-state index contributed by atoms with van der Waals surface area (Å²) in [7, 11) is 0. The van der Waals surface area contributed by atoms with Gasteiger partial charge >= 0.3 is 0 Å². The summed E-state index contributed by atoms with van der Waals surface area (Å²) in [5, 5.41) is 3.43. The van der Waals surface area contributed by atoms with Crippen LogP contribution in [0.4, 0.5) is 5.69 Å². The Balaban J connectivity index is 1.90. The van der Waals surface area contributed by atoms with Crippen LogP contribution in [0.25, 0.3) is 0 Å². The van der Waals surface area contributed by atoms with Gasteiger partial charge in [-0.25, -0.2) is 0 Å². The fourth-order valence-corrected chi connectivity index (χ4v) is 2.64. The molecule has 0 saturated carbocycles. The van der Waals surface area contributed by atoms with Crippen molar-refractivity contribution in [2.45, 2.75) is 0 Å². The van der Waals surface area contributed by atoms with E-state index in [1.165, 1.54) is 0 Å². The molecule has 2 aromatic carbocycles. The molecule has 1 heterocycles. The van der Waals surface area contributed by atoms with E-state index in [2.05, 4.69) is 21.2 Å². The van der Waals surface area contributed by atoms with Gasteiger partial charge in [0.25, 0.3) is 5.91 Å². The lowest BCUT2D eigenvalue weighted by molar-refractivity contribution is 0.102. The van der Waals surface area contributed by atoms with Crippen LogP contribution in [0.2, 0.25) is 10.0 Å². The number of benzene rings is 2. The van der Waals surface area contributed by atoms with Crippen LogP contribution in [0.5, 0.6) is 11.5 Å². The Labute approximate surface area is 139 Å². The highest BCUT2D eigenvalue weighted by molar-refractivity contribution is 9.10. The molecule has 7 heteroatoms. The minimum absolute atomic E-state index is 0.139. The Hall–Kier alpha value is -1.43. The van der Waals surface area contributed by atoms with Gasteiger partial charge in [0.1, 0.15) is 0 Å². The van der Waals surface area contributed by atoms with E-state index in [1.807, 2.05) is 0 Å². The Bertz CT molecular complexity index is 736. The number of nitrogens with one attached hydrogen (secondary N) is 1. The first-order valence-electron chi connectivity index (χ1n) is 5.90. The standard InChI is InChI=1S/C14H8BrCl2NO3/c15-7-1-2-9(16)8(3-7)14(19)18-11-5-13-12(4-10(11)17)20-6-21-13/h1-5H,6H2,(H,18,19). The average Bonchev–Trinajstić information content (AvgIpc) is 2.88. The van der Waals surface area contributed by atoms with Crippen LogP contribution in [0, 0.1) is 0 Å². The maximum Gasteiger partial charge on any atom is 0.257 e. The number of halogens is 3. The third kappa shape index (κ3) is 2.95. The topological polar surface area (TPSA) is 47.6 Å². The predicted octanol–water partition coefficient (Wildman–Crippen LogP) is 4.74. The Morgan fingerprint density at radius 3 is 2.57 bits per heavy atom. The van der Waals surface area contributed by atoms with Crippen LogP contribution in [-0.4, -0.2) is 12.7 Å². The van der Waals surface area contributed by atoms with E-state index in [0.29, 0.717) is 32.8 Å². The maximum atomic E-state index is 12.3. The van der Waals surface area contributed by atoms with Gasteiger partial charge in [-0.3, -0.25) is 4.79 Å². The summed E-state index contributed by atoms with van der Waals surface area (Å²) in [5.74, 6) is 0.732. The molecule has 0 fully saturated rings. The first-order valence-corrected chi connectivity index (χ1v) is 7.45. The number of hydrogen-bond acceptors (Lipinski definition) is 3. The molecule has 1 aliphatic rings. The molecule has 0 unspecified atom stereocenters. The molecule has 0 saturated heterocycles. The number of rotatable bonds is 2. The third-order valence-corrected chi connectivity index (χ3v) is 4.02. The van der Waals surface area contributed by atoms with Crippen molar-refractivity contribution < 1.29 is 14.3 Å².